The number of β-amino-alcohol motifs (C(OH)–C–C–N with tert-alkyl or cyclic N) is 1. The van der Waals surface area contributed by atoms with Gasteiger partial charge >= 0.3 is 5.95 Å². The number of anilines is 2. The minimum Gasteiger partial charge on any atom is -0.388 e. The fourth-order valence-electron chi connectivity index (χ4n) is 4.52. The molecule has 0 saturated carbocycles. The van der Waals surface area contributed by atoms with E-state index in [4.69, 9.17) is 17.3 Å². The number of hydrogen-bond acceptors (Lipinski definition) is 7. The van der Waals surface area contributed by atoms with E-state index in [9.17, 15) is 5.11 Å². The van der Waals surface area contributed by atoms with Gasteiger partial charge in [0.1, 0.15) is 0 Å². The van der Waals surface area contributed by atoms with E-state index in [0.717, 1.165) is 55.6 Å². The summed E-state index contributed by atoms with van der Waals surface area (Å²) in [6.45, 7) is 6.02. The van der Waals surface area contributed by atoms with Gasteiger partial charge in [-0.15, -0.1) is 0 Å². The number of nitrogens with zero attached hydrogens (tertiary/aromatic N) is 5. The van der Waals surface area contributed by atoms with Crippen LogP contribution in [0.1, 0.15) is 5.56 Å². The van der Waals surface area contributed by atoms with Gasteiger partial charge in [0, 0.05) is 37.7 Å². The lowest BCUT2D eigenvalue weighted by atomic mass is 10.1. The Morgan fingerprint density at radius 1 is 1.17 bits per heavy atom. The molecule has 0 spiro atoms. The Balaban J connectivity index is 1.23. The molecule has 2 atom stereocenters. The van der Waals surface area contributed by atoms with Crippen LogP contribution in [-0.4, -0.2) is 81.3 Å². The van der Waals surface area contributed by atoms with Crippen molar-refractivity contribution in [1.29, 1.82) is 0 Å². The number of nitrogens with two attached hydrogens (primary N) is 1. The van der Waals surface area contributed by atoms with Crippen molar-refractivity contribution in [1.82, 2.24) is 24.8 Å². The summed E-state index contributed by atoms with van der Waals surface area (Å²) in [4.78, 5) is 21.7. The lowest BCUT2D eigenvalue weighted by Gasteiger charge is -2.38. The molecular formula is C20H26ClN8O+. The van der Waals surface area contributed by atoms with Crippen molar-refractivity contribution in [3.05, 3.63) is 41.2 Å². The maximum Gasteiger partial charge on any atom is 0.344 e. The Bertz CT molecular complexity index is 1020. The van der Waals surface area contributed by atoms with Crippen molar-refractivity contribution in [2.45, 2.75) is 18.7 Å². The number of hydrogen-bond donors (Lipinski definition) is 3. The third kappa shape index (κ3) is 3.81. The lowest BCUT2D eigenvalue weighted by molar-refractivity contribution is -0.348. The Hall–Kier alpha value is -2.46. The standard InChI is InChI=1S/C20H25ClN8O/c21-14-3-1-13(2-4-14)9-27-5-7-28(8-6-27)15-10-29(11-16(15)30)19-17-18(24-12-23-17)25-20(22)26-19/h1-4,12,15-16,30H,5-11H2,(H3,22,23,24,25,26)/p+1/t15-,16-/m1/s1. The molecule has 2 fully saturated rings. The molecule has 2 aliphatic rings. The highest BCUT2D eigenvalue weighted by molar-refractivity contribution is 6.30. The normalized spacial score (nSPS) is 23.5. The van der Waals surface area contributed by atoms with Crippen LogP contribution in [0.25, 0.3) is 11.2 Å². The Labute approximate surface area is 179 Å². The molecule has 10 heteroatoms. The first-order valence-corrected chi connectivity index (χ1v) is 10.6. The number of aromatic nitrogens is 4. The fourth-order valence-corrected chi connectivity index (χ4v) is 4.65. The molecular weight excluding hydrogens is 404 g/mol. The van der Waals surface area contributed by atoms with E-state index in [1.807, 2.05) is 12.1 Å². The summed E-state index contributed by atoms with van der Waals surface area (Å²) < 4.78 is 0. The van der Waals surface area contributed by atoms with Gasteiger partial charge in [-0.2, -0.15) is 0 Å². The maximum atomic E-state index is 10.8. The summed E-state index contributed by atoms with van der Waals surface area (Å²) in [5.74, 6) is 1.15. The van der Waals surface area contributed by atoms with Crippen LogP contribution in [0.3, 0.4) is 0 Å². The van der Waals surface area contributed by atoms with E-state index in [1.54, 1.807) is 6.33 Å². The minimum atomic E-state index is -0.423. The van der Waals surface area contributed by atoms with Crippen LogP contribution >= 0.6 is 11.6 Å². The van der Waals surface area contributed by atoms with E-state index in [2.05, 4.69) is 46.8 Å². The fraction of sp³-hybridized carbons (Fsp3) is 0.450. The van der Waals surface area contributed by atoms with Crippen molar-refractivity contribution < 1.29 is 10.1 Å². The Kier molecular flexibility index (Phi) is 5.20. The highest BCUT2D eigenvalue weighted by atomic mass is 35.5. The molecule has 1 aromatic carbocycles. The van der Waals surface area contributed by atoms with Gasteiger partial charge in [0.05, 0.1) is 31.6 Å². The summed E-state index contributed by atoms with van der Waals surface area (Å²) in [5.41, 5.74) is 8.58. The van der Waals surface area contributed by atoms with Crippen LogP contribution in [0.15, 0.2) is 30.6 Å². The molecule has 158 valence electrons. The predicted octanol–water partition coefficient (Wildman–Crippen LogP) is 0.375. The van der Waals surface area contributed by atoms with E-state index in [-0.39, 0.29) is 6.04 Å². The second-order valence-corrected chi connectivity index (χ2v) is 8.49. The van der Waals surface area contributed by atoms with Gasteiger partial charge in [-0.1, -0.05) is 28.7 Å². The number of aromatic amines is 2. The van der Waals surface area contributed by atoms with Crippen molar-refractivity contribution >= 4 is 34.5 Å². The molecule has 4 heterocycles. The van der Waals surface area contributed by atoms with Crippen LogP contribution in [0, 0.1) is 0 Å². The van der Waals surface area contributed by atoms with Crippen molar-refractivity contribution in [2.24, 2.45) is 0 Å². The molecule has 5 rings (SSSR count). The topological polar surface area (TPSA) is 112 Å². The van der Waals surface area contributed by atoms with E-state index in [1.165, 1.54) is 5.56 Å². The average molecular weight is 430 g/mol. The minimum absolute atomic E-state index is 0.0865. The summed E-state index contributed by atoms with van der Waals surface area (Å²) in [5, 5.41) is 11.6. The number of imidazole rings is 1. The number of aliphatic hydroxyl groups is 1. The largest absolute Gasteiger partial charge is 0.388 e. The Morgan fingerprint density at radius 3 is 2.70 bits per heavy atom. The first-order chi connectivity index (χ1) is 14.6. The molecule has 9 nitrogen and oxygen atoms in total. The SMILES string of the molecule is Nc1nc2nc[nH]c2c(N2C[C@@H](O)[C@H](N3CCN(Cc4ccc(Cl)cc4)CC3)C2)[nH+]1. The van der Waals surface area contributed by atoms with Gasteiger partial charge in [-0.05, 0) is 17.7 Å². The van der Waals surface area contributed by atoms with Gasteiger partial charge in [0.15, 0.2) is 5.52 Å². The summed E-state index contributed by atoms with van der Waals surface area (Å²) in [6, 6.07) is 8.14. The van der Waals surface area contributed by atoms with Gasteiger partial charge in [0.25, 0.3) is 0 Å². The predicted molar refractivity (Wildman–Crippen MR) is 115 cm³/mol. The second kappa shape index (κ2) is 7.99. The molecule has 0 amide bonds. The van der Waals surface area contributed by atoms with Crippen molar-refractivity contribution in [3.8, 4) is 0 Å². The molecule has 0 unspecified atom stereocenters. The number of halogens is 1. The van der Waals surface area contributed by atoms with E-state index < -0.39 is 6.10 Å². The number of nitrogen functional groups attached to an aromatic ring is 1. The van der Waals surface area contributed by atoms with Crippen molar-refractivity contribution in [2.75, 3.05) is 49.9 Å². The van der Waals surface area contributed by atoms with E-state index >= 15 is 0 Å². The zero-order valence-corrected chi connectivity index (χ0v) is 17.4. The van der Waals surface area contributed by atoms with Crippen LogP contribution in [0.4, 0.5) is 11.8 Å². The third-order valence-electron chi connectivity index (χ3n) is 6.10. The second-order valence-electron chi connectivity index (χ2n) is 8.05. The van der Waals surface area contributed by atoms with Crippen LogP contribution in [-0.2, 0) is 6.54 Å². The van der Waals surface area contributed by atoms with E-state index in [0.29, 0.717) is 18.1 Å². The van der Waals surface area contributed by atoms with Gasteiger partial charge < -0.3 is 20.7 Å². The quantitative estimate of drug-likeness (QED) is 0.549. The molecule has 2 aromatic heterocycles. The number of H-pyrrole nitrogens is 2. The molecule has 5 N–H and O–H groups in total. The molecule has 0 aliphatic carbocycles. The summed E-state index contributed by atoms with van der Waals surface area (Å²) >= 11 is 5.98. The zero-order chi connectivity index (χ0) is 20.7. The van der Waals surface area contributed by atoms with Crippen LogP contribution in [0.2, 0.25) is 5.02 Å². The summed E-state index contributed by atoms with van der Waals surface area (Å²) in [6.07, 6.45) is 1.19. The number of benzene rings is 1. The maximum absolute atomic E-state index is 10.8. The molecule has 0 radical (unpaired) electrons. The monoisotopic (exact) mass is 429 g/mol. The van der Waals surface area contributed by atoms with Crippen LogP contribution < -0.4 is 15.6 Å². The highest BCUT2D eigenvalue weighted by Crippen LogP contribution is 2.26. The zero-order valence-electron chi connectivity index (χ0n) is 16.6. The average Bonchev–Trinajstić information content (AvgIpc) is 3.36. The van der Waals surface area contributed by atoms with Gasteiger partial charge in [-0.25, -0.2) is 9.97 Å². The first kappa shape index (κ1) is 19.5. The number of nitrogens with one attached hydrogen (secondary N) is 2. The molecule has 30 heavy (non-hydrogen) atoms. The number of aliphatic hydroxyl groups excluding tert-OH is 1. The molecule has 2 saturated heterocycles. The molecule has 3 aromatic rings. The molecule has 2 aliphatic heterocycles. The van der Waals surface area contributed by atoms with Gasteiger partial charge in [0.2, 0.25) is 11.5 Å². The summed E-state index contributed by atoms with van der Waals surface area (Å²) in [7, 11) is 0. The lowest BCUT2D eigenvalue weighted by Crippen LogP contribution is -2.53. The number of rotatable bonds is 4. The van der Waals surface area contributed by atoms with Gasteiger partial charge in [-0.3, -0.25) is 9.80 Å². The number of piperazine rings is 1. The smallest absolute Gasteiger partial charge is 0.344 e. The molecule has 0 bridgehead atoms. The highest BCUT2D eigenvalue weighted by Gasteiger charge is 2.40. The number of fused-ring (bicyclic) bond motifs is 1. The van der Waals surface area contributed by atoms with Crippen LogP contribution in [0.5, 0.6) is 0 Å². The third-order valence-corrected chi connectivity index (χ3v) is 6.35. The van der Waals surface area contributed by atoms with Crippen molar-refractivity contribution in [3.63, 3.8) is 0 Å². The first-order valence-electron chi connectivity index (χ1n) is 10.2. The Morgan fingerprint density at radius 2 is 1.93 bits per heavy atom.